The van der Waals surface area contributed by atoms with Crippen LogP contribution in [0.5, 0.6) is 5.75 Å². The van der Waals surface area contributed by atoms with Crippen LogP contribution in [0.2, 0.25) is 0 Å². The van der Waals surface area contributed by atoms with Gasteiger partial charge < -0.3 is 14.6 Å². The first kappa shape index (κ1) is 21.3. The first-order valence-corrected chi connectivity index (χ1v) is 10.7. The number of ketones is 1. The summed E-state index contributed by atoms with van der Waals surface area (Å²) in [6.45, 7) is 7.38. The smallest absolute Gasteiger partial charge is 0.261 e. The number of methoxy groups -OCH3 is 1. The van der Waals surface area contributed by atoms with Crippen LogP contribution in [0.25, 0.3) is 0 Å². The Kier molecular flexibility index (Phi) is 5.71. The molecule has 1 amide bonds. The van der Waals surface area contributed by atoms with Gasteiger partial charge in [-0.15, -0.1) is 0 Å². The van der Waals surface area contributed by atoms with Gasteiger partial charge in [-0.25, -0.2) is 0 Å². The Balaban J connectivity index is 1.42. The van der Waals surface area contributed by atoms with Gasteiger partial charge in [0.15, 0.2) is 5.78 Å². The molecule has 0 atom stereocenters. The second-order valence-corrected chi connectivity index (χ2v) is 9.26. The maximum absolute atomic E-state index is 13.0. The zero-order chi connectivity index (χ0) is 22.2. The Morgan fingerprint density at radius 3 is 2.39 bits per heavy atom. The summed E-state index contributed by atoms with van der Waals surface area (Å²) in [4.78, 5) is 45.0. The SMILES string of the molecule is COc1ccc(CN2CCN(C(=O)c3cc4c([nH]c3=O)CC(C)(C)CC4=O)CC2)cc1. The zero-order valence-corrected chi connectivity index (χ0v) is 18.4. The molecule has 1 fully saturated rings. The van der Waals surface area contributed by atoms with E-state index in [0.29, 0.717) is 37.2 Å². The largest absolute Gasteiger partial charge is 0.497 e. The monoisotopic (exact) mass is 423 g/mol. The summed E-state index contributed by atoms with van der Waals surface area (Å²) in [5.41, 5.74) is 1.80. The summed E-state index contributed by atoms with van der Waals surface area (Å²) in [5, 5.41) is 0. The van der Waals surface area contributed by atoms with Crippen LogP contribution in [0.15, 0.2) is 35.1 Å². The summed E-state index contributed by atoms with van der Waals surface area (Å²) >= 11 is 0. The van der Waals surface area contributed by atoms with E-state index in [1.54, 1.807) is 12.0 Å². The third-order valence-corrected chi connectivity index (χ3v) is 6.17. The van der Waals surface area contributed by atoms with Crippen molar-refractivity contribution in [1.82, 2.24) is 14.8 Å². The first-order valence-electron chi connectivity index (χ1n) is 10.7. The standard InChI is InChI=1S/C24H29N3O4/c1-24(2)13-20-18(21(28)14-24)12-19(22(29)25-20)23(30)27-10-8-26(9-11-27)15-16-4-6-17(31-3)7-5-16/h4-7,12H,8-11,13-15H2,1-3H3,(H,25,29). The molecule has 31 heavy (non-hydrogen) atoms. The fourth-order valence-electron chi connectivity index (χ4n) is 4.46. The van der Waals surface area contributed by atoms with Gasteiger partial charge in [-0.1, -0.05) is 26.0 Å². The topological polar surface area (TPSA) is 82.7 Å². The highest BCUT2D eigenvalue weighted by Gasteiger charge is 2.33. The lowest BCUT2D eigenvalue weighted by atomic mass is 9.75. The number of aromatic nitrogens is 1. The van der Waals surface area contributed by atoms with Crippen molar-refractivity contribution in [3.05, 3.63) is 63.1 Å². The molecule has 2 aromatic rings. The highest BCUT2D eigenvalue weighted by molar-refractivity contribution is 6.02. The van der Waals surface area contributed by atoms with Crippen LogP contribution in [0.3, 0.4) is 0 Å². The molecular formula is C24H29N3O4. The van der Waals surface area contributed by atoms with Crippen LogP contribution in [0, 0.1) is 5.41 Å². The van der Waals surface area contributed by atoms with E-state index in [4.69, 9.17) is 4.74 Å². The predicted molar refractivity (Wildman–Crippen MR) is 118 cm³/mol. The Morgan fingerprint density at radius 2 is 1.74 bits per heavy atom. The number of nitrogens with zero attached hydrogens (tertiary/aromatic N) is 2. The summed E-state index contributed by atoms with van der Waals surface area (Å²) in [6.07, 6.45) is 1.05. The van der Waals surface area contributed by atoms with Gasteiger partial charge in [0.05, 0.1) is 7.11 Å². The lowest BCUT2D eigenvalue weighted by Gasteiger charge is -2.35. The van der Waals surface area contributed by atoms with Gasteiger partial charge in [-0.2, -0.15) is 0 Å². The second kappa shape index (κ2) is 8.30. The summed E-state index contributed by atoms with van der Waals surface area (Å²) in [7, 11) is 1.65. The minimum Gasteiger partial charge on any atom is -0.497 e. The molecule has 0 radical (unpaired) electrons. The molecule has 0 saturated carbocycles. The van der Waals surface area contributed by atoms with Crippen LogP contribution in [0.1, 0.15) is 52.2 Å². The minimum absolute atomic E-state index is 0.0131. The van der Waals surface area contributed by atoms with E-state index in [2.05, 4.69) is 9.88 Å². The summed E-state index contributed by atoms with van der Waals surface area (Å²) in [5.74, 6) is 0.517. The lowest BCUT2D eigenvalue weighted by Crippen LogP contribution is -2.49. The van der Waals surface area contributed by atoms with Gasteiger partial charge in [-0.3, -0.25) is 19.3 Å². The van der Waals surface area contributed by atoms with Crippen LogP contribution in [-0.2, 0) is 13.0 Å². The van der Waals surface area contributed by atoms with Gasteiger partial charge in [0.25, 0.3) is 11.5 Å². The molecule has 1 N–H and O–H groups in total. The normalized spacial score (nSPS) is 18.5. The van der Waals surface area contributed by atoms with Crippen molar-refractivity contribution in [3.63, 3.8) is 0 Å². The molecule has 1 saturated heterocycles. The average molecular weight is 424 g/mol. The van der Waals surface area contributed by atoms with E-state index >= 15 is 0 Å². The number of carbonyl (C=O) groups excluding carboxylic acids is 2. The number of aromatic amines is 1. The fraction of sp³-hybridized carbons (Fsp3) is 0.458. The van der Waals surface area contributed by atoms with Crippen LogP contribution < -0.4 is 10.3 Å². The lowest BCUT2D eigenvalue weighted by molar-refractivity contribution is 0.0626. The highest BCUT2D eigenvalue weighted by Crippen LogP contribution is 2.33. The summed E-state index contributed by atoms with van der Waals surface area (Å²) in [6, 6.07) is 9.49. The van der Waals surface area contributed by atoms with E-state index in [1.807, 2.05) is 38.1 Å². The van der Waals surface area contributed by atoms with E-state index in [-0.39, 0.29) is 22.7 Å². The van der Waals surface area contributed by atoms with Gasteiger partial charge >= 0.3 is 0 Å². The van der Waals surface area contributed by atoms with E-state index in [9.17, 15) is 14.4 Å². The molecule has 1 aromatic heterocycles. The van der Waals surface area contributed by atoms with Gasteiger partial charge in [0.2, 0.25) is 0 Å². The zero-order valence-electron chi connectivity index (χ0n) is 18.4. The molecule has 0 spiro atoms. The van der Waals surface area contributed by atoms with Crippen molar-refractivity contribution in [2.45, 2.75) is 33.2 Å². The third-order valence-electron chi connectivity index (χ3n) is 6.17. The Bertz CT molecular complexity index is 1050. The van der Waals surface area contributed by atoms with Crippen LogP contribution in [-0.4, -0.2) is 59.8 Å². The van der Waals surface area contributed by atoms with E-state index < -0.39 is 5.56 Å². The number of fused-ring (bicyclic) bond motifs is 1. The fourth-order valence-corrected chi connectivity index (χ4v) is 4.46. The van der Waals surface area contributed by atoms with Crippen LogP contribution >= 0.6 is 0 Å². The van der Waals surface area contributed by atoms with Crippen molar-refractivity contribution in [2.24, 2.45) is 5.41 Å². The number of hydrogen-bond donors (Lipinski definition) is 1. The Labute approximate surface area is 182 Å². The first-order chi connectivity index (χ1) is 14.8. The number of pyridine rings is 1. The molecule has 7 nitrogen and oxygen atoms in total. The molecule has 1 aromatic carbocycles. The molecule has 7 heteroatoms. The number of carbonyl (C=O) groups is 2. The van der Waals surface area contributed by atoms with E-state index in [1.165, 1.54) is 11.6 Å². The number of rotatable bonds is 4. The molecule has 0 bridgehead atoms. The third kappa shape index (κ3) is 4.56. The molecule has 0 unspecified atom stereocenters. The van der Waals surface area contributed by atoms with Crippen molar-refractivity contribution in [1.29, 1.82) is 0 Å². The minimum atomic E-state index is -0.407. The quantitative estimate of drug-likeness (QED) is 0.817. The van der Waals surface area contributed by atoms with Crippen LogP contribution in [0.4, 0.5) is 0 Å². The Hall–Kier alpha value is -2.93. The highest BCUT2D eigenvalue weighted by atomic mass is 16.5. The number of H-pyrrole nitrogens is 1. The summed E-state index contributed by atoms with van der Waals surface area (Å²) < 4.78 is 5.20. The molecule has 2 aliphatic rings. The van der Waals surface area contributed by atoms with Crippen molar-refractivity contribution in [2.75, 3.05) is 33.3 Å². The average Bonchev–Trinajstić information content (AvgIpc) is 2.73. The predicted octanol–water partition coefficient (Wildman–Crippen LogP) is 2.50. The van der Waals surface area contributed by atoms with Crippen molar-refractivity contribution in [3.8, 4) is 5.75 Å². The number of hydrogen-bond acceptors (Lipinski definition) is 5. The number of ether oxygens (including phenoxy) is 1. The Morgan fingerprint density at radius 1 is 1.06 bits per heavy atom. The van der Waals surface area contributed by atoms with E-state index in [0.717, 1.165) is 25.4 Å². The number of piperazine rings is 1. The molecule has 164 valence electrons. The maximum Gasteiger partial charge on any atom is 0.261 e. The van der Waals surface area contributed by atoms with Gasteiger partial charge in [-0.05, 0) is 35.6 Å². The number of Topliss-reactive ketones (excluding diaryl/α,β-unsaturated/α-hetero) is 1. The maximum atomic E-state index is 13.0. The van der Waals surface area contributed by atoms with Crippen molar-refractivity contribution >= 4 is 11.7 Å². The second-order valence-electron chi connectivity index (χ2n) is 9.26. The van der Waals surface area contributed by atoms with Crippen molar-refractivity contribution < 1.29 is 14.3 Å². The molecule has 2 heterocycles. The number of benzene rings is 1. The number of nitrogens with one attached hydrogen (secondary N) is 1. The molecular weight excluding hydrogens is 394 g/mol. The van der Waals surface area contributed by atoms with Gasteiger partial charge in [0.1, 0.15) is 11.3 Å². The van der Waals surface area contributed by atoms with Gasteiger partial charge in [0, 0.05) is 50.4 Å². The molecule has 1 aliphatic heterocycles. The number of amides is 1. The molecule has 4 rings (SSSR count). The molecule has 1 aliphatic carbocycles.